The number of aryl methyl sites for hydroxylation is 2. The van der Waals surface area contributed by atoms with Crippen molar-refractivity contribution in [2.75, 3.05) is 36.4 Å². The average molecular weight is 337 g/mol. The molecule has 1 aliphatic heterocycles. The van der Waals surface area contributed by atoms with E-state index in [4.69, 9.17) is 0 Å². The SMILES string of the molecule is Cc1cccc(C)c1NC(=O)C(C)N1CCN(c2ccccc2)CC1. The van der Waals surface area contributed by atoms with Gasteiger partial charge in [-0.25, -0.2) is 0 Å². The van der Waals surface area contributed by atoms with E-state index in [9.17, 15) is 4.79 Å². The number of piperazine rings is 1. The molecule has 132 valence electrons. The molecule has 0 saturated carbocycles. The minimum Gasteiger partial charge on any atom is -0.369 e. The fourth-order valence-corrected chi connectivity index (χ4v) is 3.41. The van der Waals surface area contributed by atoms with E-state index >= 15 is 0 Å². The number of nitrogens with one attached hydrogen (secondary N) is 1. The lowest BCUT2D eigenvalue weighted by Gasteiger charge is -2.38. The van der Waals surface area contributed by atoms with Gasteiger partial charge in [0.05, 0.1) is 6.04 Å². The Morgan fingerprint density at radius 1 is 0.920 bits per heavy atom. The first-order valence-electron chi connectivity index (χ1n) is 8.97. The van der Waals surface area contributed by atoms with Crippen LogP contribution in [0.1, 0.15) is 18.1 Å². The number of rotatable bonds is 4. The lowest BCUT2D eigenvalue weighted by Crippen LogP contribution is -2.52. The van der Waals surface area contributed by atoms with Crippen molar-refractivity contribution in [3.63, 3.8) is 0 Å². The zero-order chi connectivity index (χ0) is 17.8. The number of nitrogens with zero attached hydrogens (tertiary/aromatic N) is 2. The summed E-state index contributed by atoms with van der Waals surface area (Å²) >= 11 is 0. The molecule has 1 N–H and O–H groups in total. The van der Waals surface area contributed by atoms with E-state index in [1.165, 1.54) is 5.69 Å². The van der Waals surface area contributed by atoms with Crippen molar-refractivity contribution >= 4 is 17.3 Å². The van der Waals surface area contributed by atoms with Crippen LogP contribution < -0.4 is 10.2 Å². The van der Waals surface area contributed by atoms with Gasteiger partial charge in [-0.1, -0.05) is 36.4 Å². The number of amides is 1. The number of hydrogen-bond acceptors (Lipinski definition) is 3. The molecule has 2 aromatic carbocycles. The highest BCUT2D eigenvalue weighted by molar-refractivity contribution is 5.95. The van der Waals surface area contributed by atoms with Gasteiger partial charge in [-0.2, -0.15) is 0 Å². The van der Waals surface area contributed by atoms with Crippen LogP contribution in [0, 0.1) is 13.8 Å². The molecule has 1 saturated heterocycles. The summed E-state index contributed by atoms with van der Waals surface area (Å²) in [5, 5.41) is 3.12. The summed E-state index contributed by atoms with van der Waals surface area (Å²) in [6.07, 6.45) is 0. The van der Waals surface area contributed by atoms with Gasteiger partial charge in [0.1, 0.15) is 0 Å². The second-order valence-corrected chi connectivity index (χ2v) is 6.79. The Bertz CT molecular complexity index is 701. The smallest absolute Gasteiger partial charge is 0.241 e. The summed E-state index contributed by atoms with van der Waals surface area (Å²) in [5.74, 6) is 0.0746. The van der Waals surface area contributed by atoms with Gasteiger partial charge in [0.15, 0.2) is 0 Å². The Morgan fingerprint density at radius 3 is 2.12 bits per heavy atom. The van der Waals surface area contributed by atoms with E-state index < -0.39 is 0 Å². The minimum absolute atomic E-state index is 0.0746. The van der Waals surface area contributed by atoms with Crippen LogP contribution in [-0.4, -0.2) is 43.0 Å². The lowest BCUT2D eigenvalue weighted by atomic mass is 10.1. The first kappa shape index (κ1) is 17.5. The lowest BCUT2D eigenvalue weighted by molar-refractivity contribution is -0.120. The maximum Gasteiger partial charge on any atom is 0.241 e. The van der Waals surface area contributed by atoms with Crippen molar-refractivity contribution < 1.29 is 4.79 Å². The number of carbonyl (C=O) groups is 1. The normalized spacial score (nSPS) is 16.5. The molecular formula is C21H27N3O. The summed E-state index contributed by atoms with van der Waals surface area (Å²) in [6, 6.07) is 16.4. The molecule has 1 unspecified atom stereocenters. The van der Waals surface area contributed by atoms with Crippen molar-refractivity contribution in [2.24, 2.45) is 0 Å². The molecule has 4 heteroatoms. The monoisotopic (exact) mass is 337 g/mol. The molecule has 3 rings (SSSR count). The Balaban J connectivity index is 1.59. The fraction of sp³-hybridized carbons (Fsp3) is 0.381. The average Bonchev–Trinajstić information content (AvgIpc) is 2.65. The highest BCUT2D eigenvalue weighted by Crippen LogP contribution is 2.21. The van der Waals surface area contributed by atoms with Crippen molar-refractivity contribution in [3.05, 3.63) is 59.7 Å². The van der Waals surface area contributed by atoms with Crippen LogP contribution in [0.15, 0.2) is 48.5 Å². The summed E-state index contributed by atoms with van der Waals surface area (Å²) in [4.78, 5) is 17.3. The van der Waals surface area contributed by atoms with Gasteiger partial charge in [0.2, 0.25) is 5.91 Å². The first-order chi connectivity index (χ1) is 12.1. The predicted octanol–water partition coefficient (Wildman–Crippen LogP) is 3.45. The molecule has 1 amide bonds. The van der Waals surface area contributed by atoms with E-state index in [0.29, 0.717) is 0 Å². The molecule has 1 atom stereocenters. The van der Waals surface area contributed by atoms with Gasteiger partial charge in [-0.15, -0.1) is 0 Å². The largest absolute Gasteiger partial charge is 0.369 e. The molecule has 0 spiro atoms. The van der Waals surface area contributed by atoms with Crippen LogP contribution in [0.4, 0.5) is 11.4 Å². The van der Waals surface area contributed by atoms with Crippen LogP contribution in [0.25, 0.3) is 0 Å². The Hall–Kier alpha value is -2.33. The van der Waals surface area contributed by atoms with E-state index in [0.717, 1.165) is 43.0 Å². The van der Waals surface area contributed by atoms with Crippen LogP contribution in [0.3, 0.4) is 0 Å². The maximum atomic E-state index is 12.7. The molecule has 25 heavy (non-hydrogen) atoms. The quantitative estimate of drug-likeness (QED) is 0.928. The number of benzene rings is 2. The van der Waals surface area contributed by atoms with E-state index in [-0.39, 0.29) is 11.9 Å². The third kappa shape index (κ3) is 4.02. The highest BCUT2D eigenvalue weighted by Gasteiger charge is 2.26. The zero-order valence-electron chi connectivity index (χ0n) is 15.3. The van der Waals surface area contributed by atoms with E-state index in [2.05, 4.69) is 39.4 Å². The Kier molecular flexibility index (Phi) is 5.39. The van der Waals surface area contributed by atoms with Gasteiger partial charge < -0.3 is 10.2 Å². The Labute approximate surface area is 150 Å². The molecule has 0 radical (unpaired) electrons. The molecule has 0 aliphatic carbocycles. The van der Waals surface area contributed by atoms with Crippen molar-refractivity contribution in [3.8, 4) is 0 Å². The van der Waals surface area contributed by atoms with Gasteiger partial charge in [0.25, 0.3) is 0 Å². The third-order valence-electron chi connectivity index (χ3n) is 5.09. The predicted molar refractivity (Wildman–Crippen MR) is 104 cm³/mol. The summed E-state index contributed by atoms with van der Waals surface area (Å²) in [7, 11) is 0. The first-order valence-corrected chi connectivity index (χ1v) is 8.97. The third-order valence-corrected chi connectivity index (χ3v) is 5.09. The van der Waals surface area contributed by atoms with Crippen LogP contribution >= 0.6 is 0 Å². The van der Waals surface area contributed by atoms with Crippen molar-refractivity contribution in [2.45, 2.75) is 26.8 Å². The topological polar surface area (TPSA) is 35.6 Å². The molecular weight excluding hydrogens is 310 g/mol. The molecule has 1 fully saturated rings. The highest BCUT2D eigenvalue weighted by atomic mass is 16.2. The van der Waals surface area contributed by atoms with Gasteiger partial charge >= 0.3 is 0 Å². The number of hydrogen-bond donors (Lipinski definition) is 1. The van der Waals surface area contributed by atoms with Gasteiger partial charge in [0, 0.05) is 37.6 Å². The van der Waals surface area contributed by atoms with Gasteiger partial charge in [-0.3, -0.25) is 9.69 Å². The molecule has 0 aromatic heterocycles. The second-order valence-electron chi connectivity index (χ2n) is 6.79. The number of anilines is 2. The second kappa shape index (κ2) is 7.70. The Morgan fingerprint density at radius 2 is 1.52 bits per heavy atom. The van der Waals surface area contributed by atoms with Crippen molar-refractivity contribution in [1.82, 2.24) is 4.90 Å². The van der Waals surface area contributed by atoms with Crippen LogP contribution in [0.5, 0.6) is 0 Å². The maximum absolute atomic E-state index is 12.7. The van der Waals surface area contributed by atoms with Crippen molar-refractivity contribution in [1.29, 1.82) is 0 Å². The minimum atomic E-state index is -0.128. The number of para-hydroxylation sites is 2. The molecule has 1 heterocycles. The number of carbonyl (C=O) groups excluding carboxylic acids is 1. The molecule has 2 aromatic rings. The van der Waals surface area contributed by atoms with Crippen LogP contribution in [-0.2, 0) is 4.79 Å². The standard InChI is InChI=1S/C21H27N3O/c1-16-8-7-9-17(2)20(16)22-21(25)18(3)23-12-14-24(15-13-23)19-10-5-4-6-11-19/h4-11,18H,12-15H2,1-3H3,(H,22,25). The van der Waals surface area contributed by atoms with E-state index in [1.807, 2.05) is 45.0 Å². The molecule has 1 aliphatic rings. The zero-order valence-corrected chi connectivity index (χ0v) is 15.3. The fourth-order valence-electron chi connectivity index (χ4n) is 3.41. The summed E-state index contributed by atoms with van der Waals surface area (Å²) in [5.41, 5.74) is 4.42. The van der Waals surface area contributed by atoms with E-state index in [1.54, 1.807) is 0 Å². The van der Waals surface area contributed by atoms with Crippen LogP contribution in [0.2, 0.25) is 0 Å². The van der Waals surface area contributed by atoms with Gasteiger partial charge in [-0.05, 0) is 44.0 Å². The summed E-state index contributed by atoms with van der Waals surface area (Å²) < 4.78 is 0. The molecule has 4 nitrogen and oxygen atoms in total. The molecule has 0 bridgehead atoms. The summed E-state index contributed by atoms with van der Waals surface area (Å²) in [6.45, 7) is 9.77.